The van der Waals surface area contributed by atoms with Crippen molar-refractivity contribution in [1.82, 2.24) is 4.98 Å². The summed E-state index contributed by atoms with van der Waals surface area (Å²) in [5.41, 5.74) is 0.933. The van der Waals surface area contributed by atoms with Crippen LogP contribution in [0.4, 0.5) is 13.9 Å². The highest BCUT2D eigenvalue weighted by Gasteiger charge is 2.14. The van der Waals surface area contributed by atoms with Crippen LogP contribution in [0.2, 0.25) is 0 Å². The molecule has 140 valence electrons. The van der Waals surface area contributed by atoms with E-state index in [1.807, 2.05) is 0 Å². The van der Waals surface area contributed by atoms with Gasteiger partial charge in [-0.1, -0.05) is 0 Å². The first kappa shape index (κ1) is 18.8. The largest absolute Gasteiger partial charge is 0.497 e. The van der Waals surface area contributed by atoms with Crippen molar-refractivity contribution in [2.24, 2.45) is 0 Å². The third-order valence-corrected chi connectivity index (χ3v) is 4.55. The van der Waals surface area contributed by atoms with E-state index in [2.05, 4.69) is 10.3 Å². The number of nitrogens with one attached hydrogen (secondary N) is 1. The summed E-state index contributed by atoms with van der Waals surface area (Å²) >= 11 is 1.24. The SMILES string of the molecule is COc1ccc(OCC(=O)Nc2nc(-c3ccc(F)c(F)c3)c(C)s2)cc1. The van der Waals surface area contributed by atoms with Crippen LogP contribution >= 0.6 is 11.3 Å². The Bertz CT molecular complexity index is 958. The summed E-state index contributed by atoms with van der Waals surface area (Å²) in [7, 11) is 1.56. The first-order chi connectivity index (χ1) is 13.0. The predicted molar refractivity (Wildman–Crippen MR) is 99.3 cm³/mol. The lowest BCUT2D eigenvalue weighted by Gasteiger charge is -2.06. The number of hydrogen-bond donors (Lipinski definition) is 1. The van der Waals surface area contributed by atoms with Gasteiger partial charge < -0.3 is 9.47 Å². The average Bonchev–Trinajstić information content (AvgIpc) is 3.02. The number of methoxy groups -OCH3 is 1. The first-order valence-corrected chi connectivity index (χ1v) is 8.77. The summed E-state index contributed by atoms with van der Waals surface area (Å²) < 4.78 is 37.0. The van der Waals surface area contributed by atoms with E-state index < -0.39 is 11.6 Å². The van der Waals surface area contributed by atoms with Crippen LogP contribution in [0.15, 0.2) is 42.5 Å². The maximum Gasteiger partial charge on any atom is 0.264 e. The molecule has 0 saturated heterocycles. The van der Waals surface area contributed by atoms with Crippen molar-refractivity contribution in [3.05, 3.63) is 59.0 Å². The number of halogens is 2. The maximum atomic E-state index is 13.4. The number of aromatic nitrogens is 1. The minimum Gasteiger partial charge on any atom is -0.497 e. The van der Waals surface area contributed by atoms with Crippen molar-refractivity contribution in [2.45, 2.75) is 6.92 Å². The zero-order valence-corrected chi connectivity index (χ0v) is 15.4. The molecule has 0 bridgehead atoms. The highest BCUT2D eigenvalue weighted by Crippen LogP contribution is 2.31. The number of aryl methyl sites for hydroxylation is 1. The summed E-state index contributed by atoms with van der Waals surface area (Å²) in [6, 6.07) is 10.4. The van der Waals surface area contributed by atoms with Gasteiger partial charge in [-0.15, -0.1) is 11.3 Å². The molecule has 0 saturated carbocycles. The van der Waals surface area contributed by atoms with Crippen LogP contribution in [0, 0.1) is 18.6 Å². The van der Waals surface area contributed by atoms with Gasteiger partial charge in [0.05, 0.1) is 12.8 Å². The highest BCUT2D eigenvalue weighted by atomic mass is 32.1. The zero-order valence-electron chi connectivity index (χ0n) is 14.6. The maximum absolute atomic E-state index is 13.4. The molecule has 0 spiro atoms. The molecule has 0 aliphatic heterocycles. The summed E-state index contributed by atoms with van der Waals surface area (Å²) in [5.74, 6) is -1.02. The molecule has 5 nitrogen and oxygen atoms in total. The first-order valence-electron chi connectivity index (χ1n) is 7.96. The van der Waals surface area contributed by atoms with Crippen molar-refractivity contribution in [3.8, 4) is 22.8 Å². The van der Waals surface area contributed by atoms with Gasteiger partial charge in [-0.2, -0.15) is 0 Å². The topological polar surface area (TPSA) is 60.5 Å². The fraction of sp³-hybridized carbons (Fsp3) is 0.158. The van der Waals surface area contributed by atoms with E-state index in [-0.39, 0.29) is 12.5 Å². The molecule has 0 unspecified atom stereocenters. The third kappa shape index (κ3) is 4.59. The Hall–Kier alpha value is -3.00. The van der Waals surface area contributed by atoms with Crippen LogP contribution in [-0.4, -0.2) is 24.6 Å². The van der Waals surface area contributed by atoms with Gasteiger partial charge in [-0.05, 0) is 49.4 Å². The quantitative estimate of drug-likeness (QED) is 0.677. The average molecular weight is 390 g/mol. The summed E-state index contributed by atoms with van der Waals surface area (Å²) in [6.45, 7) is 1.60. The number of amides is 1. The molecule has 1 amide bonds. The number of rotatable bonds is 6. The normalized spacial score (nSPS) is 10.5. The van der Waals surface area contributed by atoms with Crippen LogP contribution in [0.25, 0.3) is 11.3 Å². The Labute approximate surface area is 158 Å². The molecule has 0 aliphatic rings. The molecule has 3 aromatic rings. The summed E-state index contributed by atoms with van der Waals surface area (Å²) in [6.07, 6.45) is 0. The lowest BCUT2D eigenvalue weighted by atomic mass is 10.1. The van der Waals surface area contributed by atoms with E-state index in [9.17, 15) is 13.6 Å². The number of hydrogen-bond acceptors (Lipinski definition) is 5. The van der Waals surface area contributed by atoms with E-state index in [0.29, 0.717) is 27.9 Å². The number of carbonyl (C=O) groups excluding carboxylic acids is 1. The summed E-state index contributed by atoms with van der Waals surface area (Å²) in [4.78, 5) is 17.1. The molecule has 1 aromatic heterocycles. The second-order valence-corrected chi connectivity index (χ2v) is 6.77. The number of thiazole rings is 1. The minimum atomic E-state index is -0.946. The Morgan fingerprint density at radius 1 is 1.11 bits per heavy atom. The standard InChI is InChI=1S/C19H16F2N2O3S/c1-11-18(12-3-8-15(20)16(21)9-12)23-19(27-11)22-17(24)10-26-14-6-4-13(25-2)5-7-14/h3-9H,10H2,1-2H3,(H,22,23,24). The van der Waals surface area contributed by atoms with Gasteiger partial charge in [0.25, 0.3) is 5.91 Å². The molecule has 8 heteroatoms. The minimum absolute atomic E-state index is 0.189. The van der Waals surface area contributed by atoms with Crippen molar-refractivity contribution in [3.63, 3.8) is 0 Å². The number of anilines is 1. The second-order valence-electron chi connectivity index (χ2n) is 5.57. The molecule has 1 heterocycles. The number of ether oxygens (including phenoxy) is 2. The van der Waals surface area contributed by atoms with Crippen LogP contribution < -0.4 is 14.8 Å². The van der Waals surface area contributed by atoms with Crippen LogP contribution in [0.5, 0.6) is 11.5 Å². The fourth-order valence-electron chi connectivity index (χ4n) is 2.34. The van der Waals surface area contributed by atoms with E-state index in [0.717, 1.165) is 17.0 Å². The molecule has 3 rings (SSSR count). The Morgan fingerprint density at radius 3 is 2.48 bits per heavy atom. The molecular weight excluding hydrogens is 374 g/mol. The molecule has 27 heavy (non-hydrogen) atoms. The zero-order chi connectivity index (χ0) is 19.4. The lowest BCUT2D eigenvalue weighted by Crippen LogP contribution is -2.20. The Morgan fingerprint density at radius 2 is 1.81 bits per heavy atom. The van der Waals surface area contributed by atoms with E-state index in [1.54, 1.807) is 38.3 Å². The van der Waals surface area contributed by atoms with Gasteiger partial charge in [-0.3, -0.25) is 10.1 Å². The molecule has 0 atom stereocenters. The van der Waals surface area contributed by atoms with Crippen molar-refractivity contribution in [1.29, 1.82) is 0 Å². The summed E-state index contributed by atoms with van der Waals surface area (Å²) in [5, 5.41) is 3.00. The third-order valence-electron chi connectivity index (χ3n) is 3.67. The molecule has 0 aliphatic carbocycles. The van der Waals surface area contributed by atoms with Crippen LogP contribution in [0.3, 0.4) is 0 Å². The Kier molecular flexibility index (Phi) is 5.66. The predicted octanol–water partition coefficient (Wildman–Crippen LogP) is 4.42. The monoisotopic (exact) mass is 390 g/mol. The van der Waals surface area contributed by atoms with Gasteiger partial charge in [0.1, 0.15) is 11.5 Å². The molecule has 0 fully saturated rings. The lowest BCUT2D eigenvalue weighted by molar-refractivity contribution is -0.118. The second kappa shape index (κ2) is 8.13. The smallest absolute Gasteiger partial charge is 0.264 e. The van der Waals surface area contributed by atoms with Gasteiger partial charge in [-0.25, -0.2) is 13.8 Å². The van der Waals surface area contributed by atoms with Gasteiger partial charge in [0.15, 0.2) is 23.4 Å². The van der Waals surface area contributed by atoms with Gasteiger partial charge in [0.2, 0.25) is 0 Å². The van der Waals surface area contributed by atoms with Crippen molar-refractivity contribution < 1.29 is 23.0 Å². The number of benzene rings is 2. The number of nitrogens with zero attached hydrogens (tertiary/aromatic N) is 1. The molecule has 2 aromatic carbocycles. The number of carbonyl (C=O) groups is 1. The van der Waals surface area contributed by atoms with Crippen LogP contribution in [-0.2, 0) is 4.79 Å². The van der Waals surface area contributed by atoms with E-state index >= 15 is 0 Å². The van der Waals surface area contributed by atoms with E-state index in [1.165, 1.54) is 17.4 Å². The highest BCUT2D eigenvalue weighted by molar-refractivity contribution is 7.16. The molecule has 0 radical (unpaired) electrons. The van der Waals surface area contributed by atoms with Gasteiger partial charge >= 0.3 is 0 Å². The molecule has 1 N–H and O–H groups in total. The van der Waals surface area contributed by atoms with Crippen LogP contribution in [0.1, 0.15) is 4.88 Å². The molecular formula is C19H16F2N2O3S. The van der Waals surface area contributed by atoms with Crippen molar-refractivity contribution >= 4 is 22.4 Å². The Balaban J connectivity index is 1.63. The van der Waals surface area contributed by atoms with Gasteiger partial charge in [0, 0.05) is 10.4 Å². The fourth-order valence-corrected chi connectivity index (χ4v) is 3.19. The van der Waals surface area contributed by atoms with Crippen molar-refractivity contribution in [2.75, 3.05) is 19.0 Å². The van der Waals surface area contributed by atoms with E-state index in [4.69, 9.17) is 9.47 Å².